The fraction of sp³-hybridized carbons (Fsp3) is 0.111. The standard InChI is InChI=1S/C36H30Cl2O2/c1-3-39-35(24-40-34-6-4-5-25(2)23-34)36(30-11-7-26(8-12-30)28-15-19-32(37)20-16-28)31-13-9-27(10-14-31)29-17-21-33(38)22-18-29/h4-23H,3,24H2,1-2H3. The maximum atomic E-state index is 6.25. The zero-order valence-electron chi connectivity index (χ0n) is 22.5. The molecule has 0 N–H and O–H groups in total. The quantitative estimate of drug-likeness (QED) is 0.166. The summed E-state index contributed by atoms with van der Waals surface area (Å²) >= 11 is 12.2. The molecule has 5 aromatic rings. The lowest BCUT2D eigenvalue weighted by atomic mass is 9.93. The molecular weight excluding hydrogens is 535 g/mol. The van der Waals surface area contributed by atoms with E-state index in [0.717, 1.165) is 66.1 Å². The zero-order valence-corrected chi connectivity index (χ0v) is 24.0. The summed E-state index contributed by atoms with van der Waals surface area (Å²) in [6, 6.07) is 40.9. The normalized spacial score (nSPS) is 10.7. The van der Waals surface area contributed by atoms with E-state index in [1.165, 1.54) is 0 Å². The van der Waals surface area contributed by atoms with E-state index < -0.39 is 0 Å². The van der Waals surface area contributed by atoms with Gasteiger partial charge < -0.3 is 9.47 Å². The largest absolute Gasteiger partial charge is 0.494 e. The van der Waals surface area contributed by atoms with Gasteiger partial charge in [-0.3, -0.25) is 0 Å². The van der Waals surface area contributed by atoms with Gasteiger partial charge in [-0.25, -0.2) is 0 Å². The Morgan fingerprint density at radius 2 is 1.05 bits per heavy atom. The van der Waals surface area contributed by atoms with Crippen LogP contribution in [0.3, 0.4) is 0 Å². The van der Waals surface area contributed by atoms with Gasteiger partial charge in [0.05, 0.1) is 6.61 Å². The molecule has 5 rings (SSSR count). The van der Waals surface area contributed by atoms with Gasteiger partial charge in [0.2, 0.25) is 0 Å². The maximum absolute atomic E-state index is 6.25. The summed E-state index contributed by atoms with van der Waals surface area (Å²) in [5.41, 5.74) is 8.71. The molecule has 0 unspecified atom stereocenters. The van der Waals surface area contributed by atoms with Gasteiger partial charge in [0.1, 0.15) is 18.1 Å². The lowest BCUT2D eigenvalue weighted by Gasteiger charge is -2.18. The maximum Gasteiger partial charge on any atom is 0.146 e. The third kappa shape index (κ3) is 6.77. The van der Waals surface area contributed by atoms with Gasteiger partial charge in [0.15, 0.2) is 0 Å². The van der Waals surface area contributed by atoms with E-state index in [-0.39, 0.29) is 0 Å². The van der Waals surface area contributed by atoms with Crippen LogP contribution in [0.4, 0.5) is 0 Å². The summed E-state index contributed by atoms with van der Waals surface area (Å²) in [6.07, 6.45) is 0. The summed E-state index contributed by atoms with van der Waals surface area (Å²) in [7, 11) is 0. The van der Waals surface area contributed by atoms with Gasteiger partial charge in [0, 0.05) is 15.6 Å². The van der Waals surface area contributed by atoms with Gasteiger partial charge in [-0.2, -0.15) is 0 Å². The Labute approximate surface area is 246 Å². The van der Waals surface area contributed by atoms with E-state index in [4.69, 9.17) is 32.7 Å². The summed E-state index contributed by atoms with van der Waals surface area (Å²) in [4.78, 5) is 0. The van der Waals surface area contributed by atoms with Crippen LogP contribution in [0.2, 0.25) is 10.0 Å². The average Bonchev–Trinajstić information content (AvgIpc) is 2.98. The second-order valence-corrected chi connectivity index (χ2v) is 10.4. The fourth-order valence-corrected chi connectivity index (χ4v) is 4.90. The molecule has 0 aliphatic heterocycles. The first-order chi connectivity index (χ1) is 19.5. The van der Waals surface area contributed by atoms with Crippen molar-refractivity contribution in [2.75, 3.05) is 13.2 Å². The Hall–Kier alpha value is -3.98. The molecule has 0 saturated carbocycles. The summed E-state index contributed by atoms with van der Waals surface area (Å²) in [6.45, 7) is 4.89. The van der Waals surface area contributed by atoms with Gasteiger partial charge in [-0.15, -0.1) is 0 Å². The number of hydrogen-bond acceptors (Lipinski definition) is 2. The molecule has 2 nitrogen and oxygen atoms in total. The van der Waals surface area contributed by atoms with E-state index in [1.54, 1.807) is 0 Å². The molecular formula is C36H30Cl2O2. The number of halogens is 2. The van der Waals surface area contributed by atoms with Gasteiger partial charge in [0.25, 0.3) is 0 Å². The van der Waals surface area contributed by atoms with Crippen LogP contribution < -0.4 is 4.74 Å². The van der Waals surface area contributed by atoms with Crippen molar-refractivity contribution in [1.29, 1.82) is 0 Å². The Bertz CT molecular complexity index is 1490. The Morgan fingerprint density at radius 1 is 0.600 bits per heavy atom. The molecule has 4 heteroatoms. The van der Waals surface area contributed by atoms with Crippen LogP contribution in [0.15, 0.2) is 127 Å². The molecule has 0 fully saturated rings. The van der Waals surface area contributed by atoms with Gasteiger partial charge in [-0.1, -0.05) is 108 Å². The lowest BCUT2D eigenvalue weighted by Crippen LogP contribution is -2.09. The van der Waals surface area contributed by atoms with Crippen molar-refractivity contribution in [2.45, 2.75) is 13.8 Å². The summed E-state index contributed by atoms with van der Waals surface area (Å²) < 4.78 is 12.5. The van der Waals surface area contributed by atoms with Crippen molar-refractivity contribution in [1.82, 2.24) is 0 Å². The lowest BCUT2D eigenvalue weighted by molar-refractivity contribution is 0.182. The second-order valence-electron chi connectivity index (χ2n) is 9.50. The van der Waals surface area contributed by atoms with Crippen molar-refractivity contribution in [2.24, 2.45) is 0 Å². The van der Waals surface area contributed by atoms with E-state index in [1.807, 2.05) is 73.7 Å². The molecule has 0 bridgehead atoms. The first kappa shape index (κ1) is 27.6. The third-order valence-corrected chi connectivity index (χ3v) is 7.16. The minimum absolute atomic E-state index is 0.310. The Morgan fingerprint density at radius 3 is 1.48 bits per heavy atom. The van der Waals surface area contributed by atoms with E-state index in [9.17, 15) is 0 Å². The van der Waals surface area contributed by atoms with E-state index in [0.29, 0.717) is 13.2 Å². The third-order valence-electron chi connectivity index (χ3n) is 6.66. The average molecular weight is 566 g/mol. The van der Waals surface area contributed by atoms with Crippen molar-refractivity contribution < 1.29 is 9.47 Å². The van der Waals surface area contributed by atoms with E-state index >= 15 is 0 Å². The highest BCUT2D eigenvalue weighted by molar-refractivity contribution is 6.30. The van der Waals surface area contributed by atoms with Crippen molar-refractivity contribution in [3.8, 4) is 28.0 Å². The summed E-state index contributed by atoms with van der Waals surface area (Å²) in [5, 5.41) is 1.45. The van der Waals surface area contributed by atoms with Crippen molar-refractivity contribution >= 4 is 28.8 Å². The molecule has 0 atom stereocenters. The highest BCUT2D eigenvalue weighted by Gasteiger charge is 2.16. The number of hydrogen-bond donors (Lipinski definition) is 0. The molecule has 0 aromatic heterocycles. The predicted octanol–water partition coefficient (Wildman–Crippen LogP) is 10.5. The molecule has 0 spiro atoms. The van der Waals surface area contributed by atoms with Crippen LogP contribution in [-0.4, -0.2) is 13.2 Å². The number of ether oxygens (including phenoxy) is 2. The highest BCUT2D eigenvalue weighted by Crippen LogP contribution is 2.32. The monoisotopic (exact) mass is 564 g/mol. The SMILES string of the molecule is CCOC(COc1cccc(C)c1)=C(c1ccc(-c2ccc(Cl)cc2)cc1)c1ccc(-c2ccc(Cl)cc2)cc1. The van der Waals surface area contributed by atoms with Gasteiger partial charge in [-0.05, 0) is 89.2 Å². The van der Waals surface area contributed by atoms with Crippen LogP contribution in [0.25, 0.3) is 27.8 Å². The zero-order chi connectivity index (χ0) is 27.9. The minimum Gasteiger partial charge on any atom is -0.494 e. The van der Waals surface area contributed by atoms with Crippen LogP contribution in [-0.2, 0) is 4.74 Å². The molecule has 40 heavy (non-hydrogen) atoms. The van der Waals surface area contributed by atoms with Crippen molar-refractivity contribution in [3.05, 3.63) is 154 Å². The molecule has 0 aliphatic rings. The molecule has 200 valence electrons. The van der Waals surface area contributed by atoms with E-state index in [2.05, 4.69) is 61.5 Å². The molecule has 0 amide bonds. The number of benzene rings is 5. The number of rotatable bonds is 9. The van der Waals surface area contributed by atoms with Crippen molar-refractivity contribution in [3.63, 3.8) is 0 Å². The Balaban J connectivity index is 1.55. The highest BCUT2D eigenvalue weighted by atomic mass is 35.5. The minimum atomic E-state index is 0.310. The molecule has 5 aromatic carbocycles. The molecule has 0 saturated heterocycles. The predicted molar refractivity (Wildman–Crippen MR) is 168 cm³/mol. The molecule has 0 heterocycles. The second kappa shape index (κ2) is 12.9. The first-order valence-corrected chi connectivity index (χ1v) is 14.0. The van der Waals surface area contributed by atoms with Crippen LogP contribution >= 0.6 is 23.2 Å². The summed E-state index contributed by atoms with van der Waals surface area (Å²) in [5.74, 6) is 1.59. The van der Waals surface area contributed by atoms with Crippen LogP contribution in [0.1, 0.15) is 23.6 Å². The van der Waals surface area contributed by atoms with Crippen LogP contribution in [0.5, 0.6) is 5.75 Å². The first-order valence-electron chi connectivity index (χ1n) is 13.3. The smallest absolute Gasteiger partial charge is 0.146 e. The molecule has 0 aliphatic carbocycles. The number of aryl methyl sites for hydroxylation is 1. The topological polar surface area (TPSA) is 18.5 Å². The van der Waals surface area contributed by atoms with Gasteiger partial charge >= 0.3 is 0 Å². The van der Waals surface area contributed by atoms with Crippen LogP contribution in [0, 0.1) is 6.92 Å². The molecule has 0 radical (unpaired) electrons. The Kier molecular flexibility index (Phi) is 8.91. The fourth-order valence-electron chi connectivity index (χ4n) is 4.65.